The van der Waals surface area contributed by atoms with Crippen molar-refractivity contribution >= 4 is 16.8 Å². The van der Waals surface area contributed by atoms with Crippen LogP contribution in [0, 0.1) is 12.3 Å². The molecule has 1 aliphatic heterocycles. The van der Waals surface area contributed by atoms with Crippen molar-refractivity contribution in [1.82, 2.24) is 25.4 Å². The Morgan fingerprint density at radius 3 is 2.94 bits per heavy atom. The van der Waals surface area contributed by atoms with Gasteiger partial charge in [-0.2, -0.15) is 5.10 Å². The van der Waals surface area contributed by atoms with Gasteiger partial charge >= 0.3 is 0 Å². The summed E-state index contributed by atoms with van der Waals surface area (Å²) < 4.78 is 0. The van der Waals surface area contributed by atoms with Gasteiger partial charge in [-0.25, -0.2) is 0 Å². The van der Waals surface area contributed by atoms with E-state index in [-0.39, 0.29) is 11.9 Å². The van der Waals surface area contributed by atoms with Gasteiger partial charge in [0.05, 0.1) is 5.52 Å². The predicted octanol–water partition coefficient (Wildman–Crippen LogP) is 4.74. The number of pyridine rings is 1. The zero-order valence-electron chi connectivity index (χ0n) is 19.6. The van der Waals surface area contributed by atoms with Gasteiger partial charge in [-0.15, -0.1) is 6.42 Å². The molecule has 1 aromatic carbocycles. The second-order valence-electron chi connectivity index (χ2n) is 8.67. The number of hydrogen-bond acceptors (Lipinski definition) is 4. The lowest BCUT2D eigenvalue weighted by Crippen LogP contribution is -2.42. The molecule has 0 aliphatic carbocycles. The first-order valence-corrected chi connectivity index (χ1v) is 11.9. The van der Waals surface area contributed by atoms with Crippen LogP contribution in [0.15, 0.2) is 66.5 Å². The fourth-order valence-electron chi connectivity index (χ4n) is 4.51. The largest absolute Gasteiger partial charge is 0.348 e. The molecule has 6 heteroatoms. The zero-order chi connectivity index (χ0) is 23.8. The van der Waals surface area contributed by atoms with Crippen molar-refractivity contribution in [2.75, 3.05) is 19.6 Å². The molecule has 1 fully saturated rings. The van der Waals surface area contributed by atoms with Gasteiger partial charge in [0.1, 0.15) is 5.69 Å². The minimum absolute atomic E-state index is 0.0440. The number of carbonyl (C=O) groups is 1. The maximum absolute atomic E-state index is 13.2. The average molecular weight is 454 g/mol. The highest BCUT2D eigenvalue weighted by Crippen LogP contribution is 2.26. The number of benzene rings is 1. The maximum atomic E-state index is 13.2. The first kappa shape index (κ1) is 23.5. The second-order valence-corrected chi connectivity index (χ2v) is 8.67. The Kier molecular flexibility index (Phi) is 7.90. The van der Waals surface area contributed by atoms with Gasteiger partial charge in [-0.05, 0) is 74.7 Å². The van der Waals surface area contributed by atoms with Crippen LogP contribution in [0.3, 0.4) is 0 Å². The molecule has 4 rings (SSSR count). The number of hydrogen-bond donors (Lipinski definition) is 2. The van der Waals surface area contributed by atoms with Gasteiger partial charge < -0.3 is 10.2 Å². The molecule has 0 bridgehead atoms. The highest BCUT2D eigenvalue weighted by molar-refractivity contribution is 6.01. The summed E-state index contributed by atoms with van der Waals surface area (Å²) in [4.78, 5) is 19.7. The molecule has 3 heterocycles. The molecule has 1 unspecified atom stereocenters. The number of carbonyl (C=O) groups excluding carboxylic acids is 1. The summed E-state index contributed by atoms with van der Waals surface area (Å²) in [7, 11) is 0. The summed E-state index contributed by atoms with van der Waals surface area (Å²) in [5.74, 6) is 2.59. The molecular weight excluding hydrogens is 422 g/mol. The van der Waals surface area contributed by atoms with Gasteiger partial charge in [0.2, 0.25) is 0 Å². The SMILES string of the molecule is C#C/C=C(\C=C/C)CCN1CCCCC(NC(=O)c2ccc3[nH]nc(-c4ccncc4)c3c2)C1. The van der Waals surface area contributed by atoms with E-state index in [2.05, 4.69) is 37.4 Å². The molecule has 0 saturated carbocycles. The molecule has 2 N–H and O–H groups in total. The quantitative estimate of drug-likeness (QED) is 0.400. The Balaban J connectivity index is 1.44. The van der Waals surface area contributed by atoms with Gasteiger partial charge in [-0.3, -0.25) is 14.9 Å². The van der Waals surface area contributed by atoms with E-state index in [9.17, 15) is 4.79 Å². The van der Waals surface area contributed by atoms with Crippen molar-refractivity contribution < 1.29 is 4.79 Å². The Morgan fingerprint density at radius 1 is 1.29 bits per heavy atom. The molecule has 34 heavy (non-hydrogen) atoms. The number of aromatic nitrogens is 3. The van der Waals surface area contributed by atoms with Gasteiger partial charge in [0, 0.05) is 48.0 Å². The molecule has 2 aromatic heterocycles. The lowest BCUT2D eigenvalue weighted by Gasteiger charge is -2.25. The molecule has 174 valence electrons. The Hall–Kier alpha value is -3.69. The van der Waals surface area contributed by atoms with Crippen molar-refractivity contribution in [2.45, 2.75) is 38.6 Å². The molecular formula is C28H31N5O. The van der Waals surface area contributed by atoms with E-state index < -0.39 is 0 Å². The van der Waals surface area contributed by atoms with Crippen molar-refractivity contribution in [3.63, 3.8) is 0 Å². The lowest BCUT2D eigenvalue weighted by molar-refractivity contribution is 0.0926. The number of fused-ring (bicyclic) bond motifs is 1. The maximum Gasteiger partial charge on any atom is 0.251 e. The number of likely N-dealkylation sites (tertiary alicyclic amines) is 1. The lowest BCUT2D eigenvalue weighted by atomic mass is 10.1. The topological polar surface area (TPSA) is 73.9 Å². The molecule has 0 radical (unpaired) electrons. The summed E-state index contributed by atoms with van der Waals surface area (Å²) in [6.45, 7) is 4.83. The number of aromatic amines is 1. The fraction of sp³-hybridized carbons (Fsp3) is 0.321. The fourth-order valence-corrected chi connectivity index (χ4v) is 4.51. The molecule has 3 aromatic rings. The third kappa shape index (κ3) is 5.81. The van der Waals surface area contributed by atoms with E-state index in [1.165, 1.54) is 0 Å². The number of H-pyrrole nitrogens is 1. The minimum Gasteiger partial charge on any atom is -0.348 e. The molecule has 1 atom stereocenters. The third-order valence-corrected chi connectivity index (χ3v) is 6.24. The molecule has 6 nitrogen and oxygen atoms in total. The van der Waals surface area contributed by atoms with E-state index in [4.69, 9.17) is 6.42 Å². The van der Waals surface area contributed by atoms with Crippen LogP contribution in [0.5, 0.6) is 0 Å². The van der Waals surface area contributed by atoms with E-state index in [1.54, 1.807) is 12.4 Å². The molecule has 0 spiro atoms. The number of allylic oxidation sites excluding steroid dienone is 3. The molecule has 1 saturated heterocycles. The highest BCUT2D eigenvalue weighted by atomic mass is 16.1. The van der Waals surface area contributed by atoms with Gasteiger partial charge in [0.15, 0.2) is 0 Å². The van der Waals surface area contributed by atoms with Crippen LogP contribution in [-0.4, -0.2) is 51.7 Å². The van der Waals surface area contributed by atoms with Crippen LogP contribution >= 0.6 is 0 Å². The first-order valence-electron chi connectivity index (χ1n) is 11.9. The number of nitrogens with one attached hydrogen (secondary N) is 2. The molecule has 1 amide bonds. The van der Waals surface area contributed by atoms with Gasteiger partial charge in [0.25, 0.3) is 5.91 Å². The Labute approximate surface area is 201 Å². The number of nitrogens with zero attached hydrogens (tertiary/aromatic N) is 3. The number of amides is 1. The summed E-state index contributed by atoms with van der Waals surface area (Å²) in [6.07, 6.45) is 19.0. The smallest absolute Gasteiger partial charge is 0.251 e. The summed E-state index contributed by atoms with van der Waals surface area (Å²) >= 11 is 0. The van der Waals surface area contributed by atoms with Crippen molar-refractivity contribution in [2.24, 2.45) is 0 Å². The van der Waals surface area contributed by atoms with Crippen molar-refractivity contribution in [1.29, 1.82) is 0 Å². The van der Waals surface area contributed by atoms with Crippen molar-refractivity contribution in [3.05, 3.63) is 72.1 Å². The zero-order valence-corrected chi connectivity index (χ0v) is 19.6. The van der Waals surface area contributed by atoms with Crippen LogP contribution in [0.4, 0.5) is 0 Å². The summed E-state index contributed by atoms with van der Waals surface area (Å²) in [6, 6.07) is 9.66. The van der Waals surface area contributed by atoms with Crippen LogP contribution in [-0.2, 0) is 0 Å². The van der Waals surface area contributed by atoms with Crippen LogP contribution in [0.1, 0.15) is 43.0 Å². The van der Waals surface area contributed by atoms with E-state index >= 15 is 0 Å². The summed E-state index contributed by atoms with van der Waals surface area (Å²) in [5.41, 5.74) is 4.50. The number of rotatable bonds is 7. The predicted molar refractivity (Wildman–Crippen MR) is 137 cm³/mol. The van der Waals surface area contributed by atoms with Crippen LogP contribution < -0.4 is 5.32 Å². The first-order chi connectivity index (χ1) is 16.7. The van der Waals surface area contributed by atoms with Crippen LogP contribution in [0.25, 0.3) is 22.2 Å². The Morgan fingerprint density at radius 2 is 2.15 bits per heavy atom. The normalized spacial score (nSPS) is 17.5. The average Bonchev–Trinajstić information content (AvgIpc) is 3.15. The van der Waals surface area contributed by atoms with E-state index in [0.29, 0.717) is 5.56 Å². The van der Waals surface area contributed by atoms with E-state index in [1.807, 2.05) is 49.4 Å². The van der Waals surface area contributed by atoms with Crippen LogP contribution in [0.2, 0.25) is 0 Å². The second kappa shape index (κ2) is 11.4. The molecule has 1 aliphatic rings. The summed E-state index contributed by atoms with van der Waals surface area (Å²) in [5, 5.41) is 11.7. The van der Waals surface area contributed by atoms with Gasteiger partial charge in [-0.1, -0.05) is 24.5 Å². The minimum atomic E-state index is -0.0440. The number of terminal acetylenes is 1. The third-order valence-electron chi connectivity index (χ3n) is 6.24. The van der Waals surface area contributed by atoms with Crippen molar-refractivity contribution in [3.8, 4) is 23.6 Å². The monoisotopic (exact) mass is 453 g/mol. The highest BCUT2D eigenvalue weighted by Gasteiger charge is 2.21. The Bertz CT molecular complexity index is 1220. The van der Waals surface area contributed by atoms with E-state index in [0.717, 1.165) is 73.1 Å². The standard InChI is InChI=1S/C28H31N5O/c1-3-7-21(8-4-2)14-18-33-17-6-5-9-24(20-33)30-28(34)23-10-11-26-25(19-23)27(32-31-26)22-12-15-29-16-13-22/h1,4,7-8,10-13,15-16,19,24H,5-6,9,14,17-18,20H2,2H3,(H,30,34)(H,31,32)/b8-4-,21-7+.